The lowest BCUT2D eigenvalue weighted by Crippen LogP contribution is -2.30. The summed E-state index contributed by atoms with van der Waals surface area (Å²) in [6.45, 7) is 0.000666. The van der Waals surface area contributed by atoms with Crippen LogP contribution >= 0.6 is 11.6 Å². The topological polar surface area (TPSA) is 100 Å². The van der Waals surface area contributed by atoms with E-state index in [0.717, 1.165) is 24.5 Å². The van der Waals surface area contributed by atoms with Gasteiger partial charge in [-0.05, 0) is 24.3 Å². The van der Waals surface area contributed by atoms with Gasteiger partial charge >= 0.3 is 6.18 Å². The van der Waals surface area contributed by atoms with Crippen LogP contribution in [0.15, 0.2) is 30.5 Å². The monoisotopic (exact) mass is 454 g/mol. The first-order valence-electron chi connectivity index (χ1n) is 7.89. The third-order valence-electron chi connectivity index (χ3n) is 3.39. The molecule has 0 radical (unpaired) electrons. The molecular formula is C16H15ClF4N4O3S. The van der Waals surface area contributed by atoms with Gasteiger partial charge in [0.15, 0.2) is 0 Å². The summed E-state index contributed by atoms with van der Waals surface area (Å²) in [4.78, 5) is 15.8. The van der Waals surface area contributed by atoms with Gasteiger partial charge in [-0.1, -0.05) is 11.6 Å². The van der Waals surface area contributed by atoms with Gasteiger partial charge in [0.05, 0.1) is 28.1 Å². The lowest BCUT2D eigenvalue weighted by Gasteiger charge is -2.13. The van der Waals surface area contributed by atoms with Crippen molar-refractivity contribution in [3.63, 3.8) is 0 Å². The molecule has 0 atom stereocenters. The van der Waals surface area contributed by atoms with Gasteiger partial charge in [0.25, 0.3) is 5.91 Å². The summed E-state index contributed by atoms with van der Waals surface area (Å²) in [6.07, 6.45) is -3.09. The molecule has 2 rings (SSSR count). The van der Waals surface area contributed by atoms with Gasteiger partial charge in [-0.3, -0.25) is 9.52 Å². The zero-order chi connectivity index (χ0) is 21.8. The number of nitrogens with one attached hydrogen (secondary N) is 3. The van der Waals surface area contributed by atoms with Crippen LogP contribution in [0.3, 0.4) is 0 Å². The van der Waals surface area contributed by atoms with Crippen molar-refractivity contribution in [2.45, 2.75) is 6.18 Å². The van der Waals surface area contributed by atoms with E-state index < -0.39 is 33.5 Å². The molecular weight excluding hydrogens is 440 g/mol. The van der Waals surface area contributed by atoms with E-state index in [1.54, 1.807) is 0 Å². The second kappa shape index (κ2) is 8.82. The van der Waals surface area contributed by atoms with Crippen LogP contribution in [0.1, 0.15) is 15.9 Å². The molecule has 0 aliphatic heterocycles. The zero-order valence-electron chi connectivity index (χ0n) is 14.8. The van der Waals surface area contributed by atoms with Crippen LogP contribution in [0.25, 0.3) is 0 Å². The molecule has 0 saturated heterocycles. The van der Waals surface area contributed by atoms with Crippen LogP contribution in [-0.4, -0.2) is 38.7 Å². The predicted molar refractivity (Wildman–Crippen MR) is 99.9 cm³/mol. The highest BCUT2D eigenvalue weighted by molar-refractivity contribution is 7.92. The van der Waals surface area contributed by atoms with E-state index in [9.17, 15) is 30.8 Å². The van der Waals surface area contributed by atoms with Crippen molar-refractivity contribution >= 4 is 39.0 Å². The Hall–Kier alpha value is -2.60. The molecule has 2 aromatic rings. The Bertz CT molecular complexity index is 1020. The average Bonchev–Trinajstić information content (AvgIpc) is 2.59. The first kappa shape index (κ1) is 22.7. The average molecular weight is 455 g/mol. The SMILES string of the molecule is CS(=O)(=O)Nc1ccc(F)cc1C(=O)NCCNc1ncc(C(F)(F)F)cc1Cl. The summed E-state index contributed by atoms with van der Waals surface area (Å²) in [6, 6.07) is 3.68. The molecule has 0 spiro atoms. The highest BCUT2D eigenvalue weighted by Gasteiger charge is 2.31. The molecule has 158 valence electrons. The number of anilines is 2. The molecule has 0 saturated carbocycles. The Balaban J connectivity index is 1.98. The van der Waals surface area contributed by atoms with Crippen LogP contribution in [0.2, 0.25) is 5.02 Å². The number of sulfonamides is 1. The van der Waals surface area contributed by atoms with Gasteiger partial charge in [0.2, 0.25) is 10.0 Å². The Kier molecular flexibility index (Phi) is 6.90. The Labute approximate surface area is 168 Å². The highest BCUT2D eigenvalue weighted by atomic mass is 35.5. The molecule has 13 heteroatoms. The van der Waals surface area contributed by atoms with Gasteiger partial charge in [-0.25, -0.2) is 17.8 Å². The van der Waals surface area contributed by atoms with Gasteiger partial charge in [0, 0.05) is 19.3 Å². The number of carbonyl (C=O) groups excluding carboxylic acids is 1. The van der Waals surface area contributed by atoms with Crippen LogP contribution in [0.4, 0.5) is 29.1 Å². The first-order valence-corrected chi connectivity index (χ1v) is 10.2. The Morgan fingerprint density at radius 2 is 1.90 bits per heavy atom. The quantitative estimate of drug-likeness (QED) is 0.441. The van der Waals surface area contributed by atoms with E-state index >= 15 is 0 Å². The van der Waals surface area contributed by atoms with E-state index in [0.29, 0.717) is 12.3 Å². The summed E-state index contributed by atoms with van der Waals surface area (Å²) in [5.41, 5.74) is -1.34. The molecule has 0 aliphatic rings. The third-order valence-corrected chi connectivity index (χ3v) is 4.27. The number of benzene rings is 1. The van der Waals surface area contributed by atoms with E-state index in [2.05, 4.69) is 20.3 Å². The van der Waals surface area contributed by atoms with Gasteiger partial charge in [-0.15, -0.1) is 0 Å². The van der Waals surface area contributed by atoms with Gasteiger partial charge < -0.3 is 10.6 Å². The van der Waals surface area contributed by atoms with Gasteiger partial charge in [-0.2, -0.15) is 13.2 Å². The maximum atomic E-state index is 13.4. The maximum Gasteiger partial charge on any atom is 0.417 e. The summed E-state index contributed by atoms with van der Waals surface area (Å²) in [5.74, 6) is -1.52. The van der Waals surface area contributed by atoms with Crippen molar-refractivity contribution in [2.24, 2.45) is 0 Å². The number of halogens is 5. The Morgan fingerprint density at radius 1 is 1.21 bits per heavy atom. The molecule has 0 aliphatic carbocycles. The minimum Gasteiger partial charge on any atom is -0.367 e. The molecule has 1 aromatic heterocycles. The van der Waals surface area contributed by atoms with Crippen molar-refractivity contribution < 1.29 is 30.8 Å². The van der Waals surface area contributed by atoms with E-state index in [4.69, 9.17) is 11.6 Å². The minimum atomic E-state index is -4.58. The minimum absolute atomic E-state index is 0.0147. The number of carbonyl (C=O) groups is 1. The fourth-order valence-electron chi connectivity index (χ4n) is 2.17. The number of pyridine rings is 1. The molecule has 0 unspecified atom stereocenters. The van der Waals surface area contributed by atoms with E-state index in [-0.39, 0.29) is 35.2 Å². The van der Waals surface area contributed by atoms with Crippen LogP contribution in [0, 0.1) is 5.82 Å². The number of rotatable bonds is 7. The van der Waals surface area contributed by atoms with Crippen molar-refractivity contribution in [3.8, 4) is 0 Å². The molecule has 1 heterocycles. The van der Waals surface area contributed by atoms with Crippen LogP contribution in [0.5, 0.6) is 0 Å². The molecule has 1 amide bonds. The summed E-state index contributed by atoms with van der Waals surface area (Å²) >= 11 is 5.75. The fourth-order valence-corrected chi connectivity index (χ4v) is 2.98. The van der Waals surface area contributed by atoms with Crippen molar-refractivity contribution in [1.29, 1.82) is 0 Å². The zero-order valence-corrected chi connectivity index (χ0v) is 16.3. The second-order valence-electron chi connectivity index (χ2n) is 5.80. The molecule has 1 aromatic carbocycles. The molecule has 7 nitrogen and oxygen atoms in total. The van der Waals surface area contributed by atoms with Crippen molar-refractivity contribution in [1.82, 2.24) is 10.3 Å². The number of alkyl halides is 3. The standard InChI is InChI=1S/C16H15ClF4N4O3S/c1-29(27,28)25-13-3-2-10(18)7-11(13)15(26)23-5-4-22-14-12(17)6-9(8-24-14)16(19,20)21/h2-3,6-8,25H,4-5H2,1H3,(H,22,24)(H,23,26). The number of amides is 1. The van der Waals surface area contributed by atoms with E-state index in [1.807, 2.05) is 0 Å². The summed E-state index contributed by atoms with van der Waals surface area (Å²) in [7, 11) is -3.69. The molecule has 0 bridgehead atoms. The normalized spacial score (nSPS) is 11.8. The smallest absolute Gasteiger partial charge is 0.367 e. The number of aromatic nitrogens is 1. The second-order valence-corrected chi connectivity index (χ2v) is 7.95. The summed E-state index contributed by atoms with van der Waals surface area (Å²) in [5, 5.41) is 4.82. The number of nitrogens with zero attached hydrogens (tertiary/aromatic N) is 1. The highest BCUT2D eigenvalue weighted by Crippen LogP contribution is 2.32. The third kappa shape index (κ3) is 6.75. The first-order chi connectivity index (χ1) is 13.4. The molecule has 29 heavy (non-hydrogen) atoms. The lowest BCUT2D eigenvalue weighted by atomic mass is 10.1. The van der Waals surface area contributed by atoms with Gasteiger partial charge in [0.1, 0.15) is 11.6 Å². The van der Waals surface area contributed by atoms with Crippen molar-refractivity contribution in [2.75, 3.05) is 29.4 Å². The predicted octanol–water partition coefficient (Wildman–Crippen LogP) is 3.11. The number of hydrogen-bond acceptors (Lipinski definition) is 5. The van der Waals surface area contributed by atoms with E-state index in [1.165, 1.54) is 0 Å². The maximum absolute atomic E-state index is 13.4. The largest absolute Gasteiger partial charge is 0.417 e. The molecule has 0 fully saturated rings. The Morgan fingerprint density at radius 3 is 2.48 bits per heavy atom. The molecule has 3 N–H and O–H groups in total. The van der Waals surface area contributed by atoms with Crippen molar-refractivity contribution in [3.05, 3.63) is 52.4 Å². The fraction of sp³-hybridized carbons (Fsp3) is 0.250. The summed E-state index contributed by atoms with van der Waals surface area (Å²) < 4.78 is 76.0. The van der Waals surface area contributed by atoms with Crippen LogP contribution < -0.4 is 15.4 Å². The number of hydrogen-bond donors (Lipinski definition) is 3. The lowest BCUT2D eigenvalue weighted by molar-refractivity contribution is -0.137. The van der Waals surface area contributed by atoms with Crippen LogP contribution in [-0.2, 0) is 16.2 Å².